The third kappa shape index (κ3) is 2.75. The van der Waals surface area contributed by atoms with Crippen LogP contribution in [0.15, 0.2) is 0 Å². The maximum atomic E-state index is 6.34. The number of hydrogen-bond acceptors (Lipinski definition) is 2. The molecular weight excluding hydrogens is 255 g/mol. The van der Waals surface area contributed by atoms with E-state index in [1.165, 1.54) is 0 Å². The largest absolute Gasteiger partial charge is 0.308 e. The number of alkyl halides is 2. The predicted molar refractivity (Wildman–Crippen MR) is 74.8 cm³/mol. The maximum Gasteiger partial charge on any atom is 0.124 e. The van der Waals surface area contributed by atoms with Gasteiger partial charge in [-0.05, 0) is 59.5 Å². The minimum absolute atomic E-state index is 0.141. The lowest BCUT2D eigenvalue weighted by atomic mass is 9.88. The Morgan fingerprint density at radius 1 is 1.12 bits per heavy atom. The predicted octanol–water partition coefficient (Wildman–Crippen LogP) is 2.89. The molecule has 0 bridgehead atoms. The summed E-state index contributed by atoms with van der Waals surface area (Å²) in [5.41, 5.74) is 0.141. The molecule has 2 aliphatic carbocycles. The Labute approximate surface area is 115 Å². The average molecular weight is 279 g/mol. The molecule has 0 spiro atoms. The number of fused-ring (bicyclic) bond motifs is 1. The summed E-state index contributed by atoms with van der Waals surface area (Å²) in [5.74, 6) is 0.984. The van der Waals surface area contributed by atoms with E-state index in [1.54, 1.807) is 0 Å². The molecule has 2 saturated carbocycles. The summed E-state index contributed by atoms with van der Waals surface area (Å²) >= 11 is 12.7. The monoisotopic (exact) mass is 278 g/mol. The second-order valence-electron chi connectivity index (χ2n) is 6.89. The van der Waals surface area contributed by atoms with Crippen molar-refractivity contribution in [2.75, 3.05) is 14.1 Å². The van der Waals surface area contributed by atoms with Crippen LogP contribution in [-0.4, -0.2) is 41.0 Å². The van der Waals surface area contributed by atoms with Gasteiger partial charge in [0.15, 0.2) is 0 Å². The molecule has 0 amide bonds. The second kappa shape index (κ2) is 4.26. The third-order valence-corrected chi connectivity index (χ3v) is 5.24. The molecule has 0 aromatic carbocycles. The Hall–Kier alpha value is 0.500. The topological polar surface area (TPSA) is 15.3 Å². The van der Waals surface area contributed by atoms with Gasteiger partial charge < -0.3 is 10.2 Å². The molecule has 0 aromatic rings. The summed E-state index contributed by atoms with van der Waals surface area (Å²) in [7, 11) is 4.30. The first-order chi connectivity index (χ1) is 7.63. The van der Waals surface area contributed by atoms with Gasteiger partial charge >= 0.3 is 0 Å². The summed E-state index contributed by atoms with van der Waals surface area (Å²) < 4.78 is -0.456. The molecule has 0 saturated heterocycles. The molecule has 17 heavy (non-hydrogen) atoms. The summed E-state index contributed by atoms with van der Waals surface area (Å²) in [6.45, 7) is 6.65. The van der Waals surface area contributed by atoms with E-state index in [2.05, 4.69) is 45.1 Å². The van der Waals surface area contributed by atoms with E-state index in [-0.39, 0.29) is 5.54 Å². The molecule has 2 nitrogen and oxygen atoms in total. The van der Waals surface area contributed by atoms with Gasteiger partial charge in [-0.1, -0.05) is 0 Å². The minimum Gasteiger partial charge on any atom is -0.308 e. The summed E-state index contributed by atoms with van der Waals surface area (Å²) in [6.07, 6.45) is 2.20. The van der Waals surface area contributed by atoms with Crippen LogP contribution in [0, 0.1) is 11.8 Å². The van der Waals surface area contributed by atoms with E-state index in [1.807, 2.05) is 0 Å². The van der Waals surface area contributed by atoms with Crippen LogP contribution in [0.4, 0.5) is 0 Å². The van der Waals surface area contributed by atoms with Crippen LogP contribution in [0.2, 0.25) is 0 Å². The van der Waals surface area contributed by atoms with Crippen LogP contribution < -0.4 is 5.32 Å². The Morgan fingerprint density at radius 2 is 1.65 bits per heavy atom. The summed E-state index contributed by atoms with van der Waals surface area (Å²) in [4.78, 5) is 2.31. The highest BCUT2D eigenvalue weighted by atomic mass is 35.5. The minimum atomic E-state index is -0.456. The van der Waals surface area contributed by atoms with E-state index < -0.39 is 4.33 Å². The first-order valence-corrected chi connectivity index (χ1v) is 7.20. The first-order valence-electron chi connectivity index (χ1n) is 6.45. The lowest BCUT2D eigenvalue weighted by Gasteiger charge is -2.40. The molecule has 2 unspecified atom stereocenters. The van der Waals surface area contributed by atoms with Crippen LogP contribution in [0.1, 0.15) is 33.6 Å². The number of rotatable bonds is 2. The molecule has 4 heteroatoms. The smallest absolute Gasteiger partial charge is 0.124 e. The molecule has 2 fully saturated rings. The van der Waals surface area contributed by atoms with E-state index in [0.717, 1.165) is 12.8 Å². The fourth-order valence-electron chi connectivity index (χ4n) is 3.24. The second-order valence-corrected chi connectivity index (χ2v) is 8.34. The van der Waals surface area contributed by atoms with Crippen molar-refractivity contribution >= 4 is 23.2 Å². The fourth-order valence-corrected chi connectivity index (χ4v) is 4.08. The first kappa shape index (κ1) is 13.9. The lowest BCUT2D eigenvalue weighted by molar-refractivity contribution is 0.150. The molecule has 0 aliphatic heterocycles. The van der Waals surface area contributed by atoms with Crippen molar-refractivity contribution in [3.05, 3.63) is 0 Å². The van der Waals surface area contributed by atoms with Gasteiger partial charge in [0.05, 0.1) is 0 Å². The van der Waals surface area contributed by atoms with Gasteiger partial charge in [-0.15, -0.1) is 23.2 Å². The van der Waals surface area contributed by atoms with Crippen molar-refractivity contribution < 1.29 is 0 Å². The van der Waals surface area contributed by atoms with Crippen molar-refractivity contribution in [1.82, 2.24) is 10.2 Å². The lowest BCUT2D eigenvalue weighted by Crippen LogP contribution is -2.55. The van der Waals surface area contributed by atoms with Gasteiger partial charge in [-0.2, -0.15) is 0 Å². The number of hydrogen-bond donors (Lipinski definition) is 1. The Morgan fingerprint density at radius 3 is 2.12 bits per heavy atom. The van der Waals surface area contributed by atoms with Crippen molar-refractivity contribution in [1.29, 1.82) is 0 Å². The summed E-state index contributed by atoms with van der Waals surface area (Å²) in [6, 6.07) is 1.03. The zero-order chi connectivity index (χ0) is 13.0. The molecule has 2 aliphatic rings. The highest BCUT2D eigenvalue weighted by Crippen LogP contribution is 2.65. The summed E-state index contributed by atoms with van der Waals surface area (Å²) in [5, 5.41) is 3.73. The highest BCUT2D eigenvalue weighted by molar-refractivity contribution is 6.51. The van der Waals surface area contributed by atoms with Crippen LogP contribution in [0.5, 0.6) is 0 Å². The molecule has 0 heterocycles. The molecule has 0 aromatic heterocycles. The van der Waals surface area contributed by atoms with Gasteiger partial charge in [0.2, 0.25) is 0 Å². The fraction of sp³-hybridized carbons (Fsp3) is 1.00. The quantitative estimate of drug-likeness (QED) is 0.782. The number of nitrogens with one attached hydrogen (secondary N) is 1. The Kier molecular flexibility index (Phi) is 3.49. The standard InChI is InChI=1S/C13H24Cl2N2/c1-12(2,3)16-10-6-8-9(13(8,14)15)7-11(10)17(4)5/h8-11,16H,6-7H2,1-5H3/t8?,9?,10-,11-/m0/s1. The van der Waals surface area contributed by atoms with Gasteiger partial charge in [0.1, 0.15) is 4.33 Å². The van der Waals surface area contributed by atoms with E-state index in [0.29, 0.717) is 23.9 Å². The SMILES string of the molecule is CN(C)[C@H]1CC2C(C[C@@H]1NC(C)(C)C)C2(Cl)Cl. The molecule has 100 valence electrons. The van der Waals surface area contributed by atoms with Gasteiger partial charge in [-0.3, -0.25) is 0 Å². The Bertz CT molecular complexity index is 296. The van der Waals surface area contributed by atoms with Crippen LogP contribution in [-0.2, 0) is 0 Å². The van der Waals surface area contributed by atoms with Crippen LogP contribution in [0.3, 0.4) is 0 Å². The Balaban J connectivity index is 2.08. The van der Waals surface area contributed by atoms with Crippen molar-refractivity contribution in [3.8, 4) is 0 Å². The van der Waals surface area contributed by atoms with Gasteiger partial charge in [-0.25, -0.2) is 0 Å². The molecule has 2 rings (SSSR count). The molecular formula is C13H24Cl2N2. The number of likely N-dealkylation sites (N-methyl/N-ethyl adjacent to an activating group) is 1. The molecule has 0 radical (unpaired) electrons. The van der Waals surface area contributed by atoms with Gasteiger partial charge in [0, 0.05) is 17.6 Å². The van der Waals surface area contributed by atoms with E-state index in [4.69, 9.17) is 23.2 Å². The van der Waals surface area contributed by atoms with Gasteiger partial charge in [0.25, 0.3) is 0 Å². The van der Waals surface area contributed by atoms with Crippen molar-refractivity contribution in [3.63, 3.8) is 0 Å². The van der Waals surface area contributed by atoms with E-state index in [9.17, 15) is 0 Å². The molecule has 1 N–H and O–H groups in total. The van der Waals surface area contributed by atoms with Crippen molar-refractivity contribution in [2.45, 2.75) is 55.6 Å². The third-order valence-electron chi connectivity index (χ3n) is 4.11. The zero-order valence-corrected chi connectivity index (χ0v) is 12.9. The number of halogens is 2. The van der Waals surface area contributed by atoms with Crippen molar-refractivity contribution in [2.24, 2.45) is 11.8 Å². The van der Waals surface area contributed by atoms with Crippen LogP contribution in [0.25, 0.3) is 0 Å². The maximum absolute atomic E-state index is 6.34. The highest BCUT2D eigenvalue weighted by Gasteiger charge is 2.66. The van der Waals surface area contributed by atoms with E-state index >= 15 is 0 Å². The number of nitrogens with zero attached hydrogens (tertiary/aromatic N) is 1. The normalized spacial score (nSPS) is 40.2. The zero-order valence-electron chi connectivity index (χ0n) is 11.4. The average Bonchev–Trinajstić information content (AvgIpc) is 2.64. The van der Waals surface area contributed by atoms with Crippen LogP contribution >= 0.6 is 23.2 Å². The molecule has 4 atom stereocenters.